The first kappa shape index (κ1) is 21.6. The van der Waals surface area contributed by atoms with Crippen molar-refractivity contribution in [2.75, 3.05) is 16.2 Å². The maximum Gasteiger partial charge on any atom is 0.289 e. The summed E-state index contributed by atoms with van der Waals surface area (Å²) in [5.41, 5.74) is -0.634. The summed E-state index contributed by atoms with van der Waals surface area (Å²) in [7, 11) is -4.03. The molecule has 1 N–H and O–H groups in total. The summed E-state index contributed by atoms with van der Waals surface area (Å²) in [5, 5.41) is 12.3. The van der Waals surface area contributed by atoms with Gasteiger partial charge >= 0.3 is 0 Å². The summed E-state index contributed by atoms with van der Waals surface area (Å²) in [6.45, 7) is 2.10. The van der Waals surface area contributed by atoms with Gasteiger partial charge in [-0.05, 0) is 38.1 Å². The average Bonchev–Trinajstić information content (AvgIpc) is 2.61. The SMILES string of the molecule is CC(C)S(=O)(=O)N(CC(=O)Nc1ccc(Cl)c([N+](=O)[O-])c1)c1ccccc1F. The summed E-state index contributed by atoms with van der Waals surface area (Å²) < 4.78 is 40.1. The molecule has 2 rings (SSSR count). The Morgan fingerprint density at radius 2 is 1.93 bits per heavy atom. The number of halogens is 2. The van der Waals surface area contributed by atoms with Gasteiger partial charge in [-0.1, -0.05) is 23.7 Å². The van der Waals surface area contributed by atoms with Crippen molar-refractivity contribution >= 4 is 44.6 Å². The van der Waals surface area contributed by atoms with Gasteiger partial charge in [0.05, 0.1) is 15.9 Å². The van der Waals surface area contributed by atoms with Gasteiger partial charge in [-0.3, -0.25) is 19.2 Å². The Hall–Kier alpha value is -2.72. The summed E-state index contributed by atoms with van der Waals surface area (Å²) in [5.74, 6) is -1.61. The molecule has 0 saturated heterocycles. The highest BCUT2D eigenvalue weighted by Crippen LogP contribution is 2.28. The molecule has 0 fully saturated rings. The molecule has 2 aromatic rings. The second kappa shape index (κ2) is 8.53. The second-order valence-electron chi connectivity index (χ2n) is 6.02. The fourth-order valence-corrected chi connectivity index (χ4v) is 3.70. The number of amides is 1. The second-order valence-corrected chi connectivity index (χ2v) is 8.84. The number of nitro groups is 1. The number of sulfonamides is 1. The van der Waals surface area contributed by atoms with Crippen molar-refractivity contribution in [1.29, 1.82) is 0 Å². The third-order valence-electron chi connectivity index (χ3n) is 3.74. The largest absolute Gasteiger partial charge is 0.324 e. The van der Waals surface area contributed by atoms with E-state index in [4.69, 9.17) is 11.6 Å². The molecule has 0 unspecified atom stereocenters. The molecule has 28 heavy (non-hydrogen) atoms. The third-order valence-corrected chi connectivity index (χ3v) is 6.19. The molecule has 1 amide bonds. The lowest BCUT2D eigenvalue weighted by atomic mass is 10.2. The average molecular weight is 430 g/mol. The molecule has 150 valence electrons. The van der Waals surface area contributed by atoms with E-state index >= 15 is 0 Å². The number of nitrogens with one attached hydrogen (secondary N) is 1. The van der Waals surface area contributed by atoms with E-state index in [9.17, 15) is 27.7 Å². The van der Waals surface area contributed by atoms with Gasteiger partial charge in [-0.2, -0.15) is 0 Å². The van der Waals surface area contributed by atoms with Crippen molar-refractivity contribution in [3.63, 3.8) is 0 Å². The minimum absolute atomic E-state index is 0.0523. The molecule has 0 spiro atoms. The van der Waals surface area contributed by atoms with E-state index < -0.39 is 44.2 Å². The zero-order chi connectivity index (χ0) is 21.1. The predicted molar refractivity (Wildman–Crippen MR) is 105 cm³/mol. The maximum atomic E-state index is 14.2. The third kappa shape index (κ3) is 4.76. The summed E-state index contributed by atoms with van der Waals surface area (Å²) in [6.07, 6.45) is 0. The number of carbonyl (C=O) groups is 1. The topological polar surface area (TPSA) is 110 Å². The highest BCUT2D eigenvalue weighted by molar-refractivity contribution is 7.93. The number of carbonyl (C=O) groups excluding carboxylic acids is 1. The van der Waals surface area contributed by atoms with Crippen molar-refractivity contribution < 1.29 is 22.5 Å². The van der Waals surface area contributed by atoms with Gasteiger partial charge in [0.2, 0.25) is 15.9 Å². The summed E-state index contributed by atoms with van der Waals surface area (Å²) >= 11 is 5.72. The van der Waals surface area contributed by atoms with E-state index in [1.807, 2.05) is 0 Å². The number of rotatable bonds is 7. The van der Waals surface area contributed by atoms with Crippen LogP contribution < -0.4 is 9.62 Å². The predicted octanol–water partition coefficient (Wildman–Crippen LogP) is 3.57. The van der Waals surface area contributed by atoms with E-state index in [1.165, 1.54) is 44.2 Å². The Bertz CT molecular complexity index is 1010. The molecule has 8 nitrogen and oxygen atoms in total. The van der Waals surface area contributed by atoms with Crippen molar-refractivity contribution in [3.05, 3.63) is 63.4 Å². The molecule has 0 aliphatic carbocycles. The van der Waals surface area contributed by atoms with Crippen molar-refractivity contribution in [1.82, 2.24) is 0 Å². The normalized spacial score (nSPS) is 11.3. The molecule has 0 aliphatic heterocycles. The van der Waals surface area contributed by atoms with Gasteiger partial charge in [-0.25, -0.2) is 12.8 Å². The van der Waals surface area contributed by atoms with Crippen molar-refractivity contribution in [2.24, 2.45) is 0 Å². The molecule has 0 radical (unpaired) electrons. The Labute approximate surface area is 166 Å². The van der Waals surface area contributed by atoms with Crippen LogP contribution in [0.2, 0.25) is 5.02 Å². The molecule has 0 bridgehead atoms. The number of nitro benzene ring substituents is 1. The minimum Gasteiger partial charge on any atom is -0.324 e. The maximum absolute atomic E-state index is 14.2. The van der Waals surface area contributed by atoms with Crippen LogP contribution in [0.3, 0.4) is 0 Å². The van der Waals surface area contributed by atoms with Crippen LogP contribution in [0.5, 0.6) is 0 Å². The minimum atomic E-state index is -4.03. The van der Waals surface area contributed by atoms with E-state index in [2.05, 4.69) is 5.32 Å². The number of benzene rings is 2. The van der Waals surface area contributed by atoms with Gasteiger partial charge in [0, 0.05) is 11.8 Å². The molecule has 0 aliphatic rings. The van der Waals surface area contributed by atoms with Gasteiger partial charge < -0.3 is 5.32 Å². The Morgan fingerprint density at radius 1 is 1.29 bits per heavy atom. The van der Waals surface area contributed by atoms with Crippen LogP contribution in [0, 0.1) is 15.9 Å². The lowest BCUT2D eigenvalue weighted by molar-refractivity contribution is -0.384. The molecular formula is C17H17ClFN3O5S. The molecule has 0 heterocycles. The lowest BCUT2D eigenvalue weighted by Crippen LogP contribution is -2.42. The number of hydrogen-bond donors (Lipinski definition) is 1. The summed E-state index contributed by atoms with van der Waals surface area (Å²) in [6, 6.07) is 8.78. The fraction of sp³-hybridized carbons (Fsp3) is 0.235. The van der Waals surface area contributed by atoms with Crippen LogP contribution >= 0.6 is 11.6 Å². The first-order valence-electron chi connectivity index (χ1n) is 8.04. The highest BCUT2D eigenvalue weighted by Gasteiger charge is 2.30. The number of nitrogens with zero attached hydrogens (tertiary/aromatic N) is 2. The lowest BCUT2D eigenvalue weighted by Gasteiger charge is -2.26. The van der Waals surface area contributed by atoms with E-state index in [0.29, 0.717) is 4.31 Å². The van der Waals surface area contributed by atoms with Gasteiger partial charge in [0.25, 0.3) is 5.69 Å². The first-order valence-corrected chi connectivity index (χ1v) is 9.92. The van der Waals surface area contributed by atoms with Crippen LogP contribution in [-0.2, 0) is 14.8 Å². The quantitative estimate of drug-likeness (QED) is 0.534. The Morgan fingerprint density at radius 3 is 2.50 bits per heavy atom. The standard InChI is InChI=1S/C17H17ClFN3O5S/c1-11(2)28(26,27)21(15-6-4-3-5-14(15)19)10-17(23)20-12-7-8-13(18)16(9-12)22(24)25/h3-9,11H,10H2,1-2H3,(H,20,23). The summed E-state index contributed by atoms with van der Waals surface area (Å²) in [4.78, 5) is 22.6. The van der Waals surface area contributed by atoms with E-state index in [1.54, 1.807) is 0 Å². The Balaban J connectivity index is 2.33. The fourth-order valence-electron chi connectivity index (χ4n) is 2.28. The van der Waals surface area contributed by atoms with Crippen LogP contribution in [-0.4, -0.2) is 31.0 Å². The molecular weight excluding hydrogens is 413 g/mol. The molecule has 0 saturated carbocycles. The van der Waals surface area contributed by atoms with Crippen LogP contribution in [0.25, 0.3) is 0 Å². The number of hydrogen-bond acceptors (Lipinski definition) is 5. The van der Waals surface area contributed by atoms with Crippen molar-refractivity contribution in [3.8, 4) is 0 Å². The van der Waals surface area contributed by atoms with E-state index in [-0.39, 0.29) is 16.4 Å². The van der Waals surface area contributed by atoms with Crippen LogP contribution in [0.1, 0.15) is 13.8 Å². The van der Waals surface area contributed by atoms with Gasteiger partial charge in [-0.15, -0.1) is 0 Å². The van der Waals surface area contributed by atoms with Crippen LogP contribution in [0.4, 0.5) is 21.5 Å². The van der Waals surface area contributed by atoms with Crippen molar-refractivity contribution in [2.45, 2.75) is 19.1 Å². The first-order chi connectivity index (χ1) is 13.0. The van der Waals surface area contributed by atoms with E-state index in [0.717, 1.165) is 12.1 Å². The number of para-hydroxylation sites is 1. The van der Waals surface area contributed by atoms with Gasteiger partial charge in [0.1, 0.15) is 17.4 Å². The molecule has 11 heteroatoms. The molecule has 2 aromatic carbocycles. The zero-order valence-electron chi connectivity index (χ0n) is 14.9. The molecule has 0 aromatic heterocycles. The van der Waals surface area contributed by atoms with Crippen LogP contribution in [0.15, 0.2) is 42.5 Å². The molecule has 0 atom stereocenters. The monoisotopic (exact) mass is 429 g/mol. The zero-order valence-corrected chi connectivity index (χ0v) is 16.5. The highest BCUT2D eigenvalue weighted by atomic mass is 35.5. The number of anilines is 2. The smallest absolute Gasteiger partial charge is 0.289 e. The Kier molecular flexibility index (Phi) is 6.57. The van der Waals surface area contributed by atoms with Gasteiger partial charge in [0.15, 0.2) is 0 Å².